The highest BCUT2D eigenvalue weighted by atomic mass is 16.5. The third kappa shape index (κ3) is 6.05. The molecule has 3 aromatic carbocycles. The second-order valence-corrected chi connectivity index (χ2v) is 11.6. The molecule has 0 N–H and O–H groups in total. The smallest absolute Gasteiger partial charge is 0.282 e. The molecule has 0 aliphatic heterocycles. The monoisotopic (exact) mass is 590 g/mol. The molecule has 0 unspecified atom stereocenters. The molecule has 0 bridgehead atoms. The molecular weight excluding hydrogens is 548 g/mol. The molecule has 0 saturated carbocycles. The van der Waals surface area contributed by atoms with Crippen molar-refractivity contribution in [3.63, 3.8) is 0 Å². The van der Waals surface area contributed by atoms with E-state index in [4.69, 9.17) is 19.6 Å². The SMILES string of the molecule is CCOc1cc(C)c(-c2nc3ccccc3c(=O)n2N=Cc2cc(C)n(-c3ccc(O[C@@H](C)CC)cc3)c2C)cc1C(C)C. The topological polar surface area (TPSA) is 70.6 Å². The lowest BCUT2D eigenvalue weighted by Crippen LogP contribution is -2.21. The maximum Gasteiger partial charge on any atom is 0.282 e. The van der Waals surface area contributed by atoms with Crippen LogP contribution in [0.4, 0.5) is 0 Å². The number of aromatic nitrogens is 3. The van der Waals surface area contributed by atoms with Gasteiger partial charge in [-0.15, -0.1) is 0 Å². The quantitative estimate of drug-likeness (QED) is 0.153. The number of benzene rings is 3. The molecule has 0 spiro atoms. The second kappa shape index (κ2) is 12.9. The number of nitrogens with zero attached hydrogens (tertiary/aromatic N) is 4. The van der Waals surface area contributed by atoms with E-state index < -0.39 is 0 Å². The molecule has 228 valence electrons. The predicted molar refractivity (Wildman–Crippen MR) is 180 cm³/mol. The normalized spacial score (nSPS) is 12.4. The van der Waals surface area contributed by atoms with E-state index in [0.29, 0.717) is 23.3 Å². The summed E-state index contributed by atoms with van der Waals surface area (Å²) in [4.78, 5) is 18.9. The molecule has 0 amide bonds. The van der Waals surface area contributed by atoms with Crippen molar-refractivity contribution in [2.24, 2.45) is 5.10 Å². The molecule has 0 radical (unpaired) electrons. The minimum atomic E-state index is -0.216. The number of ether oxygens (including phenoxy) is 2. The van der Waals surface area contributed by atoms with Crippen LogP contribution in [-0.4, -0.2) is 33.2 Å². The second-order valence-electron chi connectivity index (χ2n) is 11.6. The van der Waals surface area contributed by atoms with Gasteiger partial charge in [-0.1, -0.05) is 32.9 Å². The number of fused-ring (bicyclic) bond motifs is 1. The maximum absolute atomic E-state index is 13.9. The molecule has 44 heavy (non-hydrogen) atoms. The van der Waals surface area contributed by atoms with Gasteiger partial charge >= 0.3 is 0 Å². The van der Waals surface area contributed by atoms with Crippen molar-refractivity contribution in [1.29, 1.82) is 0 Å². The Bertz CT molecular complexity index is 1880. The van der Waals surface area contributed by atoms with E-state index in [0.717, 1.165) is 57.2 Å². The zero-order chi connectivity index (χ0) is 31.5. The van der Waals surface area contributed by atoms with E-state index in [9.17, 15) is 4.79 Å². The third-order valence-electron chi connectivity index (χ3n) is 8.06. The van der Waals surface area contributed by atoms with E-state index in [-0.39, 0.29) is 17.6 Å². The lowest BCUT2D eigenvalue weighted by Gasteiger charge is -2.18. The van der Waals surface area contributed by atoms with Crippen LogP contribution in [0.15, 0.2) is 76.6 Å². The summed E-state index contributed by atoms with van der Waals surface area (Å²) in [5, 5.41) is 5.31. The zero-order valence-electron chi connectivity index (χ0n) is 27.0. The van der Waals surface area contributed by atoms with Crippen LogP contribution in [0.3, 0.4) is 0 Å². The van der Waals surface area contributed by atoms with Crippen LogP contribution < -0.4 is 15.0 Å². The Labute approximate surface area is 259 Å². The molecule has 0 saturated heterocycles. The van der Waals surface area contributed by atoms with Gasteiger partial charge in [-0.05, 0) is 113 Å². The van der Waals surface area contributed by atoms with Crippen LogP contribution in [0.1, 0.15) is 75.0 Å². The Kier molecular flexibility index (Phi) is 9.04. The Hall–Kier alpha value is -4.65. The predicted octanol–water partition coefficient (Wildman–Crippen LogP) is 8.36. The van der Waals surface area contributed by atoms with Gasteiger partial charge in [-0.3, -0.25) is 4.79 Å². The van der Waals surface area contributed by atoms with E-state index >= 15 is 0 Å². The van der Waals surface area contributed by atoms with Gasteiger partial charge in [0.25, 0.3) is 5.56 Å². The first kappa shape index (κ1) is 30.8. The summed E-state index contributed by atoms with van der Waals surface area (Å²) in [5.41, 5.74) is 7.33. The van der Waals surface area contributed by atoms with E-state index in [1.54, 1.807) is 12.3 Å². The van der Waals surface area contributed by atoms with Crippen LogP contribution in [0, 0.1) is 20.8 Å². The van der Waals surface area contributed by atoms with Crippen molar-refractivity contribution in [2.75, 3.05) is 6.61 Å². The van der Waals surface area contributed by atoms with Crippen molar-refractivity contribution >= 4 is 17.1 Å². The summed E-state index contributed by atoms with van der Waals surface area (Å²) >= 11 is 0. The summed E-state index contributed by atoms with van der Waals surface area (Å²) in [5.74, 6) is 2.43. The molecule has 7 heteroatoms. The maximum atomic E-state index is 13.9. The van der Waals surface area contributed by atoms with Gasteiger partial charge < -0.3 is 14.0 Å². The first-order valence-electron chi connectivity index (χ1n) is 15.4. The molecule has 5 rings (SSSR count). The number of hydrogen-bond donors (Lipinski definition) is 0. The highest BCUT2D eigenvalue weighted by molar-refractivity contribution is 5.84. The number of para-hydroxylation sites is 1. The first-order chi connectivity index (χ1) is 21.1. The van der Waals surface area contributed by atoms with Gasteiger partial charge in [0.05, 0.1) is 29.8 Å². The van der Waals surface area contributed by atoms with Crippen LogP contribution in [0.2, 0.25) is 0 Å². The minimum Gasteiger partial charge on any atom is -0.494 e. The van der Waals surface area contributed by atoms with Crippen LogP contribution in [-0.2, 0) is 0 Å². The van der Waals surface area contributed by atoms with Crippen LogP contribution in [0.5, 0.6) is 11.5 Å². The highest BCUT2D eigenvalue weighted by Crippen LogP contribution is 2.34. The largest absolute Gasteiger partial charge is 0.494 e. The Morgan fingerprint density at radius 3 is 2.36 bits per heavy atom. The molecule has 0 fully saturated rings. The molecule has 0 aliphatic rings. The summed E-state index contributed by atoms with van der Waals surface area (Å²) in [7, 11) is 0. The van der Waals surface area contributed by atoms with Crippen molar-refractivity contribution < 1.29 is 9.47 Å². The average molecular weight is 591 g/mol. The summed E-state index contributed by atoms with van der Waals surface area (Å²) in [6, 6.07) is 21.8. The highest BCUT2D eigenvalue weighted by Gasteiger charge is 2.19. The fourth-order valence-corrected chi connectivity index (χ4v) is 5.50. The lowest BCUT2D eigenvalue weighted by atomic mass is 9.96. The first-order valence-corrected chi connectivity index (χ1v) is 15.4. The van der Waals surface area contributed by atoms with Gasteiger partial charge in [0, 0.05) is 28.2 Å². The van der Waals surface area contributed by atoms with Gasteiger partial charge in [0.2, 0.25) is 0 Å². The number of rotatable bonds is 10. The number of hydrogen-bond acceptors (Lipinski definition) is 5. The fourth-order valence-electron chi connectivity index (χ4n) is 5.50. The molecule has 2 heterocycles. The Morgan fingerprint density at radius 1 is 0.955 bits per heavy atom. The summed E-state index contributed by atoms with van der Waals surface area (Å²) in [6.07, 6.45) is 2.88. The number of aryl methyl sites for hydroxylation is 2. The van der Waals surface area contributed by atoms with E-state index in [2.05, 4.69) is 70.4 Å². The molecule has 7 nitrogen and oxygen atoms in total. The van der Waals surface area contributed by atoms with Crippen molar-refractivity contribution in [1.82, 2.24) is 14.2 Å². The average Bonchev–Trinajstić information content (AvgIpc) is 3.29. The summed E-state index contributed by atoms with van der Waals surface area (Å²) < 4.78 is 15.5. The van der Waals surface area contributed by atoms with Crippen molar-refractivity contribution in [3.05, 3.63) is 105 Å². The third-order valence-corrected chi connectivity index (χ3v) is 8.06. The fraction of sp³-hybridized carbons (Fsp3) is 0.324. The van der Waals surface area contributed by atoms with E-state index in [1.165, 1.54) is 4.68 Å². The van der Waals surface area contributed by atoms with E-state index in [1.807, 2.05) is 50.2 Å². The van der Waals surface area contributed by atoms with Gasteiger partial charge in [-0.25, -0.2) is 4.98 Å². The standard InChI is InChI=1S/C37H42N4O3/c1-9-26(7)44-30-17-15-29(16-18-30)40-25(6)20-28(27(40)8)22-38-41-36(39-34-14-12-11-13-31(34)37(41)42)33-21-32(23(3)4)35(43-10-2)19-24(33)5/h11-23,26H,9-10H2,1-8H3/t26-/m0/s1. The molecule has 2 aromatic heterocycles. The zero-order valence-corrected chi connectivity index (χ0v) is 27.0. The summed E-state index contributed by atoms with van der Waals surface area (Å²) in [6.45, 7) is 17.2. The molecule has 5 aromatic rings. The van der Waals surface area contributed by atoms with Gasteiger partial charge in [0.15, 0.2) is 5.82 Å². The van der Waals surface area contributed by atoms with Crippen LogP contribution in [0.25, 0.3) is 28.0 Å². The Balaban J connectivity index is 1.61. The van der Waals surface area contributed by atoms with Gasteiger partial charge in [0.1, 0.15) is 11.5 Å². The molecular formula is C37H42N4O3. The lowest BCUT2D eigenvalue weighted by molar-refractivity contribution is 0.217. The van der Waals surface area contributed by atoms with Crippen molar-refractivity contribution in [2.45, 2.75) is 73.8 Å². The Morgan fingerprint density at radius 2 is 1.68 bits per heavy atom. The minimum absolute atomic E-state index is 0.167. The molecule has 1 atom stereocenters. The van der Waals surface area contributed by atoms with Crippen molar-refractivity contribution in [3.8, 4) is 28.6 Å². The van der Waals surface area contributed by atoms with Gasteiger partial charge in [-0.2, -0.15) is 9.78 Å². The molecule has 0 aliphatic carbocycles. The van der Waals surface area contributed by atoms with Crippen LogP contribution >= 0.6 is 0 Å².